The van der Waals surface area contributed by atoms with E-state index in [-0.39, 0.29) is 6.04 Å². The summed E-state index contributed by atoms with van der Waals surface area (Å²) in [6, 6.07) is 3.42. The van der Waals surface area contributed by atoms with Crippen molar-refractivity contribution in [1.82, 2.24) is 10.2 Å². The van der Waals surface area contributed by atoms with Gasteiger partial charge in [0.1, 0.15) is 5.82 Å². The van der Waals surface area contributed by atoms with E-state index in [1.54, 1.807) is 0 Å². The summed E-state index contributed by atoms with van der Waals surface area (Å²) in [5.74, 6) is -2.19. The van der Waals surface area contributed by atoms with Crippen LogP contribution in [0.4, 0.5) is 17.6 Å². The molecule has 0 saturated carbocycles. The molecule has 2 atom stereocenters. The van der Waals surface area contributed by atoms with Crippen molar-refractivity contribution in [2.45, 2.75) is 50.0 Å². The highest BCUT2D eigenvalue weighted by molar-refractivity contribution is 5.94. The molecule has 0 aliphatic carbocycles. The molecule has 2 aliphatic heterocycles. The van der Waals surface area contributed by atoms with Gasteiger partial charge in [0.25, 0.3) is 5.91 Å². The molecule has 2 aliphatic rings. The summed E-state index contributed by atoms with van der Waals surface area (Å²) in [5.41, 5.74) is -1.92. The molecule has 2 saturated heterocycles. The van der Waals surface area contributed by atoms with Gasteiger partial charge >= 0.3 is 6.18 Å². The van der Waals surface area contributed by atoms with E-state index in [2.05, 4.69) is 5.32 Å². The van der Waals surface area contributed by atoms with Gasteiger partial charge in [-0.3, -0.25) is 4.79 Å². The standard InChI is InChI=1S/C16H18F4N2O/c1-22(11-7-9-5-6-10(8-11)21-9)15(23)12-3-2-4-13(14(12)17)16(18,19)20/h2-4,9-11,21H,5-8H2,1H3. The maximum Gasteiger partial charge on any atom is 0.419 e. The number of halogens is 4. The molecule has 1 N–H and O–H groups in total. The third-order valence-electron chi connectivity index (χ3n) is 4.85. The summed E-state index contributed by atoms with van der Waals surface area (Å²) in [4.78, 5) is 13.9. The minimum atomic E-state index is -4.81. The fourth-order valence-corrected chi connectivity index (χ4v) is 3.62. The topological polar surface area (TPSA) is 32.3 Å². The number of alkyl halides is 3. The summed E-state index contributed by atoms with van der Waals surface area (Å²) in [6.45, 7) is 0. The van der Waals surface area contributed by atoms with E-state index < -0.39 is 29.0 Å². The molecule has 3 nitrogen and oxygen atoms in total. The molecule has 23 heavy (non-hydrogen) atoms. The van der Waals surface area contributed by atoms with E-state index in [0.29, 0.717) is 18.2 Å². The van der Waals surface area contributed by atoms with Crippen molar-refractivity contribution < 1.29 is 22.4 Å². The zero-order chi connectivity index (χ0) is 16.8. The van der Waals surface area contributed by atoms with Gasteiger partial charge in [-0.15, -0.1) is 0 Å². The Labute approximate surface area is 131 Å². The normalized spacial score (nSPS) is 27.1. The number of nitrogens with zero attached hydrogens (tertiary/aromatic N) is 1. The van der Waals surface area contributed by atoms with Gasteiger partial charge in [0.15, 0.2) is 0 Å². The van der Waals surface area contributed by atoms with Gasteiger partial charge in [0.2, 0.25) is 0 Å². The second kappa shape index (κ2) is 5.78. The first kappa shape index (κ1) is 16.2. The van der Waals surface area contributed by atoms with Gasteiger partial charge in [-0.05, 0) is 37.8 Å². The summed E-state index contributed by atoms with van der Waals surface area (Å²) in [7, 11) is 1.54. The van der Waals surface area contributed by atoms with Crippen LogP contribution in [0.25, 0.3) is 0 Å². The predicted molar refractivity (Wildman–Crippen MR) is 76.5 cm³/mol. The highest BCUT2D eigenvalue weighted by Crippen LogP contribution is 2.34. The van der Waals surface area contributed by atoms with Crippen LogP contribution in [0.15, 0.2) is 18.2 Å². The Bertz CT molecular complexity index is 605. The predicted octanol–water partition coefficient (Wildman–Crippen LogP) is 3.20. The van der Waals surface area contributed by atoms with Crippen LogP contribution in [0.1, 0.15) is 41.6 Å². The molecule has 2 unspecified atom stereocenters. The zero-order valence-electron chi connectivity index (χ0n) is 12.7. The fourth-order valence-electron chi connectivity index (χ4n) is 3.62. The van der Waals surface area contributed by atoms with Crippen LogP contribution in [0.3, 0.4) is 0 Å². The molecule has 126 valence electrons. The van der Waals surface area contributed by atoms with E-state index in [9.17, 15) is 22.4 Å². The Balaban J connectivity index is 1.83. The van der Waals surface area contributed by atoms with Gasteiger partial charge in [-0.1, -0.05) is 6.07 Å². The molecule has 1 aromatic carbocycles. The summed E-state index contributed by atoms with van der Waals surface area (Å²) in [6.07, 6.45) is -1.23. The monoisotopic (exact) mass is 330 g/mol. The van der Waals surface area contributed by atoms with E-state index >= 15 is 0 Å². The Kier molecular flexibility index (Phi) is 4.08. The number of carbonyl (C=O) groups excluding carboxylic acids is 1. The molecular formula is C16H18F4N2O. The first-order chi connectivity index (χ1) is 10.8. The molecule has 3 rings (SSSR count). The lowest BCUT2D eigenvalue weighted by molar-refractivity contribution is -0.140. The number of rotatable bonds is 2. The highest BCUT2D eigenvalue weighted by atomic mass is 19.4. The van der Waals surface area contributed by atoms with Crippen LogP contribution >= 0.6 is 0 Å². The largest absolute Gasteiger partial charge is 0.419 e. The number of benzene rings is 1. The third-order valence-corrected chi connectivity index (χ3v) is 4.85. The first-order valence-corrected chi connectivity index (χ1v) is 7.66. The lowest BCUT2D eigenvalue weighted by Crippen LogP contribution is -2.48. The lowest BCUT2D eigenvalue weighted by Gasteiger charge is -2.35. The van der Waals surface area contributed by atoms with Crippen LogP contribution in [0.2, 0.25) is 0 Å². The van der Waals surface area contributed by atoms with Gasteiger partial charge < -0.3 is 10.2 Å². The van der Waals surface area contributed by atoms with Crippen molar-refractivity contribution in [2.24, 2.45) is 0 Å². The van der Waals surface area contributed by atoms with Gasteiger partial charge in [0.05, 0.1) is 11.1 Å². The van der Waals surface area contributed by atoms with Crippen LogP contribution in [-0.2, 0) is 6.18 Å². The molecule has 2 bridgehead atoms. The van der Waals surface area contributed by atoms with Crippen molar-refractivity contribution in [3.05, 3.63) is 35.1 Å². The molecule has 7 heteroatoms. The minimum Gasteiger partial charge on any atom is -0.339 e. The Morgan fingerprint density at radius 2 is 1.83 bits per heavy atom. The lowest BCUT2D eigenvalue weighted by atomic mass is 9.97. The van der Waals surface area contributed by atoms with Crippen LogP contribution in [-0.4, -0.2) is 36.0 Å². The third kappa shape index (κ3) is 3.06. The van der Waals surface area contributed by atoms with Crippen LogP contribution in [0, 0.1) is 5.82 Å². The second-order valence-electron chi connectivity index (χ2n) is 6.34. The number of hydrogen-bond acceptors (Lipinski definition) is 2. The Morgan fingerprint density at radius 3 is 2.39 bits per heavy atom. The van der Waals surface area contributed by atoms with Crippen LogP contribution < -0.4 is 5.32 Å². The van der Waals surface area contributed by atoms with Crippen molar-refractivity contribution >= 4 is 5.91 Å². The minimum absolute atomic E-state index is 0.0739. The van der Waals surface area contributed by atoms with Crippen molar-refractivity contribution in [2.75, 3.05) is 7.05 Å². The molecule has 1 aromatic rings. The number of fused-ring (bicyclic) bond motifs is 2. The number of piperidine rings is 1. The van der Waals surface area contributed by atoms with Gasteiger partial charge in [-0.2, -0.15) is 13.2 Å². The van der Waals surface area contributed by atoms with Crippen molar-refractivity contribution in [1.29, 1.82) is 0 Å². The summed E-state index contributed by atoms with van der Waals surface area (Å²) >= 11 is 0. The van der Waals surface area contributed by atoms with Crippen LogP contribution in [0.5, 0.6) is 0 Å². The summed E-state index contributed by atoms with van der Waals surface area (Å²) < 4.78 is 52.5. The first-order valence-electron chi connectivity index (χ1n) is 7.66. The summed E-state index contributed by atoms with van der Waals surface area (Å²) in [5, 5.41) is 3.43. The fraction of sp³-hybridized carbons (Fsp3) is 0.562. The van der Waals surface area contributed by atoms with Gasteiger partial charge in [0, 0.05) is 25.2 Å². The SMILES string of the molecule is CN(C(=O)c1cccc(C(F)(F)F)c1F)C1CC2CCC(C1)N2. The molecule has 0 spiro atoms. The average molecular weight is 330 g/mol. The van der Waals surface area contributed by atoms with E-state index in [1.807, 2.05) is 0 Å². The Morgan fingerprint density at radius 1 is 1.22 bits per heavy atom. The van der Waals surface area contributed by atoms with Crippen molar-refractivity contribution in [3.8, 4) is 0 Å². The van der Waals surface area contributed by atoms with E-state index in [0.717, 1.165) is 37.8 Å². The maximum absolute atomic E-state index is 14.1. The van der Waals surface area contributed by atoms with Gasteiger partial charge in [-0.25, -0.2) is 4.39 Å². The zero-order valence-corrected chi connectivity index (χ0v) is 12.7. The van der Waals surface area contributed by atoms with Crippen molar-refractivity contribution in [3.63, 3.8) is 0 Å². The van der Waals surface area contributed by atoms with E-state index in [1.165, 1.54) is 11.9 Å². The second-order valence-corrected chi connectivity index (χ2v) is 6.34. The number of nitrogens with one attached hydrogen (secondary N) is 1. The quantitative estimate of drug-likeness (QED) is 0.845. The maximum atomic E-state index is 14.1. The number of carbonyl (C=O) groups is 1. The molecule has 0 radical (unpaired) electrons. The Hall–Kier alpha value is -1.63. The number of amides is 1. The molecule has 2 heterocycles. The number of hydrogen-bond donors (Lipinski definition) is 1. The highest BCUT2D eigenvalue weighted by Gasteiger charge is 2.39. The average Bonchev–Trinajstić information content (AvgIpc) is 2.83. The molecule has 2 fully saturated rings. The van der Waals surface area contributed by atoms with E-state index in [4.69, 9.17) is 0 Å². The molecular weight excluding hydrogens is 312 g/mol. The molecule has 1 amide bonds. The smallest absolute Gasteiger partial charge is 0.339 e. The molecule has 0 aromatic heterocycles.